The monoisotopic (exact) mass is 267 g/mol. The molecule has 2 aliphatic rings. The second kappa shape index (κ2) is 4.19. The molecule has 98 valence electrons. The maximum atomic E-state index is 12.1. The average Bonchev–Trinajstić information content (AvgIpc) is 2.92. The van der Waals surface area contributed by atoms with E-state index in [1.54, 1.807) is 6.07 Å². The van der Waals surface area contributed by atoms with Crippen LogP contribution in [0.15, 0.2) is 10.6 Å². The maximum absolute atomic E-state index is 12.1. The van der Waals surface area contributed by atoms with E-state index in [0.29, 0.717) is 17.2 Å². The lowest BCUT2D eigenvalue weighted by Crippen LogP contribution is -2.35. The lowest BCUT2D eigenvalue weighted by molar-refractivity contribution is 0.216. The van der Waals surface area contributed by atoms with E-state index in [2.05, 4.69) is 17.4 Å². The van der Waals surface area contributed by atoms with Crippen molar-refractivity contribution in [2.24, 2.45) is 11.3 Å². The normalized spacial score (nSPS) is 30.6. The van der Waals surface area contributed by atoms with Crippen LogP contribution < -0.4 is 5.32 Å². The molecule has 0 unspecified atom stereocenters. The number of nitrogens with one attached hydrogen (secondary N) is 1. The summed E-state index contributed by atoms with van der Waals surface area (Å²) in [5.41, 5.74) is 1.06. The first-order valence-corrected chi connectivity index (χ1v) is 7.29. The van der Waals surface area contributed by atoms with Crippen LogP contribution in [-0.4, -0.2) is 40.7 Å². The topological polar surface area (TPSA) is 58.4 Å². The number of nitrogens with zero attached hydrogens (tertiary/aromatic N) is 2. The smallest absolute Gasteiger partial charge is 0.324 e. The van der Waals surface area contributed by atoms with Crippen molar-refractivity contribution in [3.8, 4) is 0 Å². The molecule has 2 fully saturated rings. The molecule has 2 atom stereocenters. The van der Waals surface area contributed by atoms with Crippen molar-refractivity contribution in [3.05, 3.63) is 11.8 Å². The number of carbonyl (C=O) groups excluding carboxylic acids is 1. The number of rotatable bonds is 1. The van der Waals surface area contributed by atoms with E-state index < -0.39 is 0 Å². The van der Waals surface area contributed by atoms with E-state index >= 15 is 0 Å². The molecule has 0 spiro atoms. The summed E-state index contributed by atoms with van der Waals surface area (Å²) in [4.78, 5) is 14.0. The number of anilines is 1. The molecule has 1 aromatic heterocycles. The Balaban J connectivity index is 1.64. The van der Waals surface area contributed by atoms with Gasteiger partial charge in [0.15, 0.2) is 0 Å². The first-order valence-electron chi connectivity index (χ1n) is 6.14. The Hall–Kier alpha value is -1.17. The summed E-state index contributed by atoms with van der Waals surface area (Å²) in [6.07, 6.45) is 0. The molecule has 0 aromatic carbocycles. The lowest BCUT2D eigenvalue weighted by atomic mass is 9.84. The number of thioether (sulfide) groups is 1. The van der Waals surface area contributed by atoms with Crippen LogP contribution in [-0.2, 0) is 0 Å². The number of aromatic nitrogens is 1. The van der Waals surface area contributed by atoms with Crippen LogP contribution in [0.4, 0.5) is 10.7 Å². The highest BCUT2D eigenvalue weighted by molar-refractivity contribution is 7.99. The number of hydrogen-bond donors (Lipinski definition) is 1. The Morgan fingerprint density at radius 2 is 2.56 bits per heavy atom. The Morgan fingerprint density at radius 3 is 3.22 bits per heavy atom. The number of amides is 2. The minimum absolute atomic E-state index is 0.0771. The third-order valence-corrected chi connectivity index (χ3v) is 5.38. The van der Waals surface area contributed by atoms with Crippen LogP contribution in [0.3, 0.4) is 0 Å². The van der Waals surface area contributed by atoms with E-state index in [-0.39, 0.29) is 6.03 Å². The molecule has 18 heavy (non-hydrogen) atoms. The molecular weight excluding hydrogens is 250 g/mol. The zero-order chi connectivity index (χ0) is 12.8. The van der Waals surface area contributed by atoms with Crippen LogP contribution >= 0.6 is 11.8 Å². The van der Waals surface area contributed by atoms with Gasteiger partial charge in [0.1, 0.15) is 0 Å². The molecule has 0 radical (unpaired) electrons. The van der Waals surface area contributed by atoms with Crippen molar-refractivity contribution >= 4 is 23.7 Å². The highest BCUT2D eigenvalue weighted by atomic mass is 32.2. The van der Waals surface area contributed by atoms with Gasteiger partial charge in [-0.1, -0.05) is 12.1 Å². The number of urea groups is 1. The molecule has 2 saturated heterocycles. The first-order chi connectivity index (χ1) is 8.57. The summed E-state index contributed by atoms with van der Waals surface area (Å²) in [5, 5.41) is 6.52. The molecule has 2 amide bonds. The molecule has 5 nitrogen and oxygen atoms in total. The van der Waals surface area contributed by atoms with Crippen molar-refractivity contribution in [2.45, 2.75) is 13.8 Å². The zero-order valence-corrected chi connectivity index (χ0v) is 11.4. The summed E-state index contributed by atoms with van der Waals surface area (Å²) in [7, 11) is 0. The van der Waals surface area contributed by atoms with Gasteiger partial charge in [0.2, 0.25) is 5.88 Å². The number of likely N-dealkylation sites (tertiary alicyclic amines) is 1. The van der Waals surface area contributed by atoms with Crippen LogP contribution in [0.1, 0.15) is 12.6 Å². The van der Waals surface area contributed by atoms with Gasteiger partial charge in [0.25, 0.3) is 0 Å². The SMILES string of the molecule is Cc1cc(NC(=O)N2C[C@@H]3CSC[C@]3(C)C2)on1. The van der Waals surface area contributed by atoms with Gasteiger partial charge in [-0.2, -0.15) is 11.8 Å². The Morgan fingerprint density at radius 1 is 1.72 bits per heavy atom. The van der Waals surface area contributed by atoms with E-state index in [9.17, 15) is 4.79 Å². The van der Waals surface area contributed by atoms with Crippen LogP contribution in [0.2, 0.25) is 0 Å². The summed E-state index contributed by atoms with van der Waals surface area (Å²) >= 11 is 2.00. The quantitative estimate of drug-likeness (QED) is 0.847. The van der Waals surface area contributed by atoms with E-state index in [1.165, 1.54) is 5.75 Å². The van der Waals surface area contributed by atoms with Crippen molar-refractivity contribution in [1.29, 1.82) is 0 Å². The molecule has 0 bridgehead atoms. The summed E-state index contributed by atoms with van der Waals surface area (Å²) in [6.45, 7) is 5.80. The molecule has 6 heteroatoms. The Kier molecular flexibility index (Phi) is 2.77. The summed E-state index contributed by atoms with van der Waals surface area (Å²) in [6, 6.07) is 1.65. The fourth-order valence-corrected chi connectivity index (χ4v) is 4.43. The molecule has 0 saturated carbocycles. The number of hydrogen-bond acceptors (Lipinski definition) is 4. The standard InChI is InChI=1S/C12H17N3O2S/c1-8-3-10(17-14-8)13-11(16)15-4-9-5-18-7-12(9,2)6-15/h3,9H,4-7H2,1-2H3,(H,13,16)/t9-,12+/m1/s1. The van der Waals surface area contributed by atoms with E-state index in [1.807, 2.05) is 23.6 Å². The zero-order valence-electron chi connectivity index (χ0n) is 10.6. The van der Waals surface area contributed by atoms with Gasteiger partial charge < -0.3 is 9.42 Å². The fourth-order valence-electron chi connectivity index (χ4n) is 2.73. The second-order valence-electron chi connectivity index (χ2n) is 5.51. The molecule has 3 rings (SSSR count). The first kappa shape index (κ1) is 11.9. The van der Waals surface area contributed by atoms with Gasteiger partial charge >= 0.3 is 6.03 Å². The van der Waals surface area contributed by atoms with Crippen molar-refractivity contribution in [3.63, 3.8) is 0 Å². The molecule has 3 heterocycles. The molecule has 1 N–H and O–H groups in total. The average molecular weight is 267 g/mol. The van der Waals surface area contributed by atoms with Gasteiger partial charge in [0, 0.05) is 24.9 Å². The Bertz CT molecular complexity index is 476. The largest absolute Gasteiger partial charge is 0.338 e. The van der Waals surface area contributed by atoms with Crippen molar-refractivity contribution in [1.82, 2.24) is 10.1 Å². The Labute approximate surface area is 110 Å². The molecule has 0 aliphatic carbocycles. The minimum atomic E-state index is -0.0771. The van der Waals surface area contributed by atoms with Crippen molar-refractivity contribution < 1.29 is 9.32 Å². The predicted octanol–water partition coefficient (Wildman–Crippen LogP) is 2.20. The van der Waals surface area contributed by atoms with E-state index in [4.69, 9.17) is 4.52 Å². The highest BCUT2D eigenvalue weighted by Crippen LogP contribution is 2.46. The van der Waals surface area contributed by atoms with E-state index in [0.717, 1.165) is 24.5 Å². The van der Waals surface area contributed by atoms with Crippen LogP contribution in [0.5, 0.6) is 0 Å². The van der Waals surface area contributed by atoms with Gasteiger partial charge in [-0.05, 0) is 24.0 Å². The van der Waals surface area contributed by atoms with Crippen LogP contribution in [0.25, 0.3) is 0 Å². The third-order valence-electron chi connectivity index (χ3n) is 3.87. The highest BCUT2D eigenvalue weighted by Gasteiger charge is 2.47. The number of aryl methyl sites for hydroxylation is 1. The lowest BCUT2D eigenvalue weighted by Gasteiger charge is -2.22. The van der Waals surface area contributed by atoms with Gasteiger partial charge in [-0.25, -0.2) is 4.79 Å². The van der Waals surface area contributed by atoms with Crippen molar-refractivity contribution in [2.75, 3.05) is 29.9 Å². The second-order valence-corrected chi connectivity index (χ2v) is 6.54. The van der Waals surface area contributed by atoms with Gasteiger partial charge in [-0.3, -0.25) is 5.32 Å². The number of fused-ring (bicyclic) bond motifs is 1. The molecular formula is C12H17N3O2S. The number of carbonyl (C=O) groups is 1. The van der Waals surface area contributed by atoms with Crippen LogP contribution in [0, 0.1) is 18.3 Å². The summed E-state index contributed by atoms with van der Waals surface area (Å²) in [5.74, 6) is 3.38. The predicted molar refractivity (Wildman–Crippen MR) is 70.8 cm³/mol. The maximum Gasteiger partial charge on any atom is 0.324 e. The van der Waals surface area contributed by atoms with Gasteiger partial charge in [0.05, 0.1) is 5.69 Å². The minimum Gasteiger partial charge on any atom is -0.338 e. The third kappa shape index (κ3) is 1.98. The molecule has 1 aromatic rings. The van der Waals surface area contributed by atoms with Gasteiger partial charge in [-0.15, -0.1) is 0 Å². The summed E-state index contributed by atoms with van der Waals surface area (Å²) < 4.78 is 5.00. The fraction of sp³-hybridized carbons (Fsp3) is 0.667. The molecule has 2 aliphatic heterocycles.